The second-order valence-corrected chi connectivity index (χ2v) is 7.76. The maximum Gasteiger partial charge on any atom is 0.397 e. The molecular formula is C14H28O4Si. The summed E-state index contributed by atoms with van der Waals surface area (Å²) >= 11 is 0. The molecular weight excluding hydrogens is 260 g/mol. The van der Waals surface area contributed by atoms with Gasteiger partial charge in [0.1, 0.15) is 11.5 Å². The molecule has 19 heavy (non-hydrogen) atoms. The molecule has 0 rings (SSSR count). The van der Waals surface area contributed by atoms with Crippen molar-refractivity contribution in [3.63, 3.8) is 0 Å². The van der Waals surface area contributed by atoms with Crippen LogP contribution in [0.15, 0.2) is 25.3 Å². The first-order valence-corrected chi connectivity index (χ1v) is 8.78. The highest BCUT2D eigenvalue weighted by Gasteiger charge is 2.50. The lowest BCUT2D eigenvalue weighted by Crippen LogP contribution is -2.62. The van der Waals surface area contributed by atoms with Crippen molar-refractivity contribution in [1.29, 1.82) is 0 Å². The molecule has 2 atom stereocenters. The fourth-order valence-corrected chi connectivity index (χ4v) is 5.19. The fraction of sp³-hybridized carbons (Fsp3) is 0.714. The van der Waals surface area contributed by atoms with E-state index in [-0.39, 0.29) is 11.5 Å². The van der Waals surface area contributed by atoms with Crippen molar-refractivity contribution in [3.05, 3.63) is 25.3 Å². The van der Waals surface area contributed by atoms with Crippen LogP contribution in [0.5, 0.6) is 0 Å². The van der Waals surface area contributed by atoms with Crippen LogP contribution in [-0.4, -0.2) is 46.4 Å². The molecule has 0 saturated heterocycles. The molecule has 5 heteroatoms. The van der Waals surface area contributed by atoms with Gasteiger partial charge < -0.3 is 18.3 Å². The van der Waals surface area contributed by atoms with Gasteiger partial charge in [-0.15, -0.1) is 13.2 Å². The number of hydrogen-bond acceptors (Lipinski definition) is 4. The van der Waals surface area contributed by atoms with E-state index in [0.29, 0.717) is 26.4 Å². The molecule has 0 aromatic carbocycles. The first-order chi connectivity index (χ1) is 9.08. The van der Waals surface area contributed by atoms with Crippen LogP contribution in [0.25, 0.3) is 0 Å². The van der Waals surface area contributed by atoms with Crippen molar-refractivity contribution in [2.75, 3.05) is 26.4 Å². The normalized spacial score (nSPS) is 14.9. The third-order valence-electron chi connectivity index (χ3n) is 2.80. The molecule has 112 valence electrons. The summed E-state index contributed by atoms with van der Waals surface area (Å²) in [7, 11) is -2.62. The Morgan fingerprint density at radius 2 is 1.26 bits per heavy atom. The summed E-state index contributed by atoms with van der Waals surface area (Å²) < 4.78 is 23.5. The molecule has 0 radical (unpaired) electrons. The predicted molar refractivity (Wildman–Crippen MR) is 80.2 cm³/mol. The van der Waals surface area contributed by atoms with Crippen LogP contribution < -0.4 is 0 Å². The summed E-state index contributed by atoms with van der Waals surface area (Å²) in [5.74, 6) is 0. The van der Waals surface area contributed by atoms with E-state index < -0.39 is 8.56 Å². The quantitative estimate of drug-likeness (QED) is 0.409. The Hall–Kier alpha value is -0.463. The summed E-state index contributed by atoms with van der Waals surface area (Å²) in [4.78, 5) is 0. The molecule has 0 heterocycles. The minimum atomic E-state index is -2.62. The van der Waals surface area contributed by atoms with E-state index in [0.717, 1.165) is 0 Å². The van der Waals surface area contributed by atoms with E-state index in [1.54, 1.807) is 12.2 Å². The number of rotatable bonds is 12. The van der Waals surface area contributed by atoms with Gasteiger partial charge in [-0.3, -0.25) is 0 Å². The van der Waals surface area contributed by atoms with Gasteiger partial charge in [-0.25, -0.2) is 0 Å². The van der Waals surface area contributed by atoms with Crippen molar-refractivity contribution in [3.8, 4) is 0 Å². The topological polar surface area (TPSA) is 36.9 Å². The highest BCUT2D eigenvalue weighted by atomic mass is 28.4. The predicted octanol–water partition coefficient (Wildman–Crippen LogP) is 2.76. The summed E-state index contributed by atoms with van der Waals surface area (Å²) in [5.41, 5.74) is -0.268. The molecule has 0 aromatic heterocycles. The summed E-state index contributed by atoms with van der Waals surface area (Å²) in [5, 5.41) is 0. The average Bonchev–Trinajstić information content (AvgIpc) is 2.41. The Morgan fingerprint density at radius 1 is 0.895 bits per heavy atom. The molecule has 0 aliphatic heterocycles. The van der Waals surface area contributed by atoms with Gasteiger partial charge >= 0.3 is 8.56 Å². The van der Waals surface area contributed by atoms with Crippen LogP contribution in [0.2, 0.25) is 0 Å². The molecule has 0 bridgehead atoms. The Kier molecular flexibility index (Phi) is 10.1. The fourth-order valence-electron chi connectivity index (χ4n) is 1.95. The first-order valence-electron chi connectivity index (χ1n) is 6.81. The monoisotopic (exact) mass is 288 g/mol. The van der Waals surface area contributed by atoms with Gasteiger partial charge in [-0.2, -0.15) is 0 Å². The molecule has 2 unspecified atom stereocenters. The minimum absolute atomic E-state index is 0.134. The van der Waals surface area contributed by atoms with E-state index in [9.17, 15) is 0 Å². The van der Waals surface area contributed by atoms with Crippen LogP contribution in [0.4, 0.5) is 0 Å². The lowest BCUT2D eigenvalue weighted by atomic mass is 10.7. The molecule has 0 aromatic rings. The van der Waals surface area contributed by atoms with E-state index in [1.807, 2.05) is 27.7 Å². The van der Waals surface area contributed by atoms with Gasteiger partial charge in [0.05, 0.1) is 13.2 Å². The molecule has 0 N–H and O–H groups in total. The van der Waals surface area contributed by atoms with Gasteiger partial charge in [0, 0.05) is 13.2 Å². The van der Waals surface area contributed by atoms with E-state index in [4.69, 9.17) is 18.3 Å². The van der Waals surface area contributed by atoms with Crippen molar-refractivity contribution < 1.29 is 18.3 Å². The van der Waals surface area contributed by atoms with Gasteiger partial charge in [0.15, 0.2) is 0 Å². The van der Waals surface area contributed by atoms with E-state index in [1.165, 1.54) is 0 Å². The van der Waals surface area contributed by atoms with Gasteiger partial charge in [0.25, 0.3) is 0 Å². The molecule has 0 aliphatic rings. The summed E-state index contributed by atoms with van der Waals surface area (Å²) in [6.07, 6.45) is 3.45. The average molecular weight is 288 g/mol. The largest absolute Gasteiger partial charge is 0.397 e. The second kappa shape index (κ2) is 10.3. The minimum Gasteiger partial charge on any atom is -0.392 e. The van der Waals surface area contributed by atoms with Gasteiger partial charge in [-0.1, -0.05) is 12.2 Å². The Morgan fingerprint density at radius 3 is 1.53 bits per heavy atom. The summed E-state index contributed by atoms with van der Waals surface area (Å²) in [6.45, 7) is 17.3. The van der Waals surface area contributed by atoms with E-state index in [2.05, 4.69) is 13.2 Å². The zero-order valence-electron chi connectivity index (χ0n) is 12.7. The molecule has 0 aliphatic carbocycles. The molecule has 0 fully saturated rings. The lowest BCUT2D eigenvalue weighted by molar-refractivity contribution is 0.0220. The zero-order valence-corrected chi connectivity index (χ0v) is 13.7. The standard InChI is InChI=1S/C14H28O4Si/c1-7-11-15-13(5)19(17-9-3,18-10-4)14(6)16-12-8-2/h7-8,13-14H,1-2,9-12H2,3-6H3. The third kappa shape index (κ3) is 5.58. The van der Waals surface area contributed by atoms with Gasteiger partial charge in [0.2, 0.25) is 0 Å². The van der Waals surface area contributed by atoms with Crippen LogP contribution in [0.3, 0.4) is 0 Å². The Bertz CT molecular complexity index is 232. The van der Waals surface area contributed by atoms with Crippen molar-refractivity contribution in [2.24, 2.45) is 0 Å². The Balaban J connectivity index is 5.01. The molecule has 4 nitrogen and oxygen atoms in total. The van der Waals surface area contributed by atoms with Crippen LogP contribution in [0.1, 0.15) is 27.7 Å². The second-order valence-electron chi connectivity index (χ2n) is 4.12. The zero-order chi connectivity index (χ0) is 14.7. The van der Waals surface area contributed by atoms with Crippen molar-refractivity contribution in [1.82, 2.24) is 0 Å². The number of ether oxygens (including phenoxy) is 2. The van der Waals surface area contributed by atoms with Crippen LogP contribution in [0, 0.1) is 0 Å². The smallest absolute Gasteiger partial charge is 0.392 e. The first kappa shape index (κ1) is 18.5. The van der Waals surface area contributed by atoms with E-state index >= 15 is 0 Å². The third-order valence-corrected chi connectivity index (χ3v) is 6.88. The molecule has 0 amide bonds. The molecule has 0 saturated carbocycles. The molecule has 0 spiro atoms. The maximum atomic E-state index is 5.99. The van der Waals surface area contributed by atoms with Crippen molar-refractivity contribution >= 4 is 8.56 Å². The lowest BCUT2D eigenvalue weighted by Gasteiger charge is -2.38. The highest BCUT2D eigenvalue weighted by molar-refractivity contribution is 6.70. The maximum absolute atomic E-state index is 5.99. The van der Waals surface area contributed by atoms with Crippen molar-refractivity contribution in [2.45, 2.75) is 39.1 Å². The van der Waals surface area contributed by atoms with Crippen LogP contribution >= 0.6 is 0 Å². The Labute approximate surface area is 118 Å². The summed E-state index contributed by atoms with van der Waals surface area (Å²) in [6, 6.07) is 0. The van der Waals surface area contributed by atoms with Crippen LogP contribution in [-0.2, 0) is 18.3 Å². The van der Waals surface area contributed by atoms with Gasteiger partial charge in [-0.05, 0) is 27.7 Å². The highest BCUT2D eigenvalue weighted by Crippen LogP contribution is 2.22. The number of hydrogen-bond donors (Lipinski definition) is 0. The SMILES string of the molecule is C=CCOC(C)[Si](OCC)(OCC)C(C)OCC=C.